The SMILES string of the molecule is CCOCc1cn(C[C@@H]2CCCCN2)nn1. The average molecular weight is 224 g/mol. The maximum Gasteiger partial charge on any atom is 0.108 e. The predicted molar refractivity (Wildman–Crippen MR) is 61.0 cm³/mol. The van der Waals surface area contributed by atoms with Crippen LogP contribution in [0.4, 0.5) is 0 Å². The fourth-order valence-corrected chi connectivity index (χ4v) is 2.01. The summed E-state index contributed by atoms with van der Waals surface area (Å²) in [5, 5.41) is 11.7. The minimum atomic E-state index is 0.551. The van der Waals surface area contributed by atoms with Gasteiger partial charge >= 0.3 is 0 Å². The molecule has 0 spiro atoms. The van der Waals surface area contributed by atoms with Crippen molar-refractivity contribution in [3.8, 4) is 0 Å². The molecule has 0 aromatic carbocycles. The Bertz CT molecular complexity index is 307. The van der Waals surface area contributed by atoms with Crippen LogP contribution >= 0.6 is 0 Å². The van der Waals surface area contributed by atoms with Gasteiger partial charge in [0, 0.05) is 12.6 Å². The minimum Gasteiger partial charge on any atom is -0.375 e. The summed E-state index contributed by atoms with van der Waals surface area (Å²) in [6.07, 6.45) is 5.83. The first-order valence-electron chi connectivity index (χ1n) is 6.08. The molecule has 0 radical (unpaired) electrons. The molecule has 1 aliphatic rings. The number of hydrogen-bond donors (Lipinski definition) is 1. The lowest BCUT2D eigenvalue weighted by Gasteiger charge is -2.22. The van der Waals surface area contributed by atoms with Crippen LogP contribution in [0.5, 0.6) is 0 Å². The zero-order chi connectivity index (χ0) is 11.2. The van der Waals surface area contributed by atoms with Crippen molar-refractivity contribution in [3.63, 3.8) is 0 Å². The van der Waals surface area contributed by atoms with Crippen LogP contribution in [0.2, 0.25) is 0 Å². The third-order valence-corrected chi connectivity index (χ3v) is 2.86. The Kier molecular flexibility index (Phi) is 4.30. The molecular weight excluding hydrogens is 204 g/mol. The molecule has 90 valence electrons. The molecule has 1 fully saturated rings. The third kappa shape index (κ3) is 3.28. The van der Waals surface area contributed by atoms with Crippen LogP contribution in [0.15, 0.2) is 6.20 Å². The van der Waals surface area contributed by atoms with Crippen LogP contribution in [0.3, 0.4) is 0 Å². The monoisotopic (exact) mass is 224 g/mol. The number of rotatable bonds is 5. The summed E-state index contributed by atoms with van der Waals surface area (Å²) in [4.78, 5) is 0. The van der Waals surface area contributed by atoms with Crippen LogP contribution in [0.25, 0.3) is 0 Å². The number of piperidine rings is 1. The van der Waals surface area contributed by atoms with Gasteiger partial charge in [0.25, 0.3) is 0 Å². The van der Waals surface area contributed by atoms with Gasteiger partial charge in [-0.3, -0.25) is 4.68 Å². The molecule has 2 heterocycles. The van der Waals surface area contributed by atoms with Crippen molar-refractivity contribution in [1.29, 1.82) is 0 Å². The van der Waals surface area contributed by atoms with Gasteiger partial charge < -0.3 is 10.1 Å². The topological polar surface area (TPSA) is 52.0 Å². The van der Waals surface area contributed by atoms with Crippen molar-refractivity contribution in [2.75, 3.05) is 13.2 Å². The smallest absolute Gasteiger partial charge is 0.108 e. The van der Waals surface area contributed by atoms with Crippen LogP contribution in [0.1, 0.15) is 31.9 Å². The number of hydrogen-bond acceptors (Lipinski definition) is 4. The van der Waals surface area contributed by atoms with Gasteiger partial charge in [-0.2, -0.15) is 0 Å². The number of ether oxygens (including phenoxy) is 1. The van der Waals surface area contributed by atoms with Crippen LogP contribution in [-0.4, -0.2) is 34.2 Å². The molecule has 0 saturated carbocycles. The quantitative estimate of drug-likeness (QED) is 0.809. The molecule has 1 saturated heterocycles. The molecule has 2 rings (SSSR count). The molecule has 1 aromatic heterocycles. The summed E-state index contributed by atoms with van der Waals surface area (Å²) < 4.78 is 7.21. The molecule has 5 nitrogen and oxygen atoms in total. The Labute approximate surface area is 96.2 Å². The van der Waals surface area contributed by atoms with E-state index in [0.717, 1.165) is 25.4 Å². The van der Waals surface area contributed by atoms with Gasteiger partial charge in [-0.1, -0.05) is 11.6 Å². The zero-order valence-electron chi connectivity index (χ0n) is 9.85. The molecule has 1 aromatic rings. The van der Waals surface area contributed by atoms with E-state index in [1.165, 1.54) is 19.3 Å². The lowest BCUT2D eigenvalue weighted by molar-refractivity contribution is 0.131. The highest BCUT2D eigenvalue weighted by molar-refractivity contribution is 4.90. The van der Waals surface area contributed by atoms with Crippen LogP contribution < -0.4 is 5.32 Å². The fourth-order valence-electron chi connectivity index (χ4n) is 2.01. The highest BCUT2D eigenvalue weighted by Crippen LogP contribution is 2.08. The summed E-state index contributed by atoms with van der Waals surface area (Å²) in [5.41, 5.74) is 0.914. The van der Waals surface area contributed by atoms with Gasteiger partial charge in [0.15, 0.2) is 0 Å². The second-order valence-corrected chi connectivity index (χ2v) is 4.22. The number of nitrogens with zero attached hydrogens (tertiary/aromatic N) is 3. The summed E-state index contributed by atoms with van der Waals surface area (Å²) in [6.45, 7) is 5.31. The number of nitrogens with one attached hydrogen (secondary N) is 1. The Hall–Kier alpha value is -0.940. The zero-order valence-corrected chi connectivity index (χ0v) is 9.85. The summed E-state index contributed by atoms with van der Waals surface area (Å²) in [6, 6.07) is 0.551. The molecular formula is C11H20N4O. The molecule has 1 aliphatic heterocycles. The van der Waals surface area contributed by atoms with Crippen molar-refractivity contribution in [3.05, 3.63) is 11.9 Å². The van der Waals surface area contributed by atoms with Crippen LogP contribution in [-0.2, 0) is 17.9 Å². The first-order chi connectivity index (χ1) is 7.88. The maximum atomic E-state index is 5.29. The molecule has 0 unspecified atom stereocenters. The van der Waals surface area contributed by atoms with E-state index in [2.05, 4.69) is 15.6 Å². The normalized spacial score (nSPS) is 21.2. The molecule has 0 bridgehead atoms. The van der Waals surface area contributed by atoms with Gasteiger partial charge in [-0.15, -0.1) is 5.10 Å². The van der Waals surface area contributed by atoms with E-state index >= 15 is 0 Å². The largest absolute Gasteiger partial charge is 0.375 e. The molecule has 0 amide bonds. The van der Waals surface area contributed by atoms with E-state index in [9.17, 15) is 0 Å². The number of aromatic nitrogens is 3. The highest BCUT2D eigenvalue weighted by Gasteiger charge is 2.13. The van der Waals surface area contributed by atoms with E-state index in [1.54, 1.807) is 0 Å². The van der Waals surface area contributed by atoms with Gasteiger partial charge in [0.1, 0.15) is 5.69 Å². The Balaban J connectivity index is 1.81. The third-order valence-electron chi connectivity index (χ3n) is 2.86. The van der Waals surface area contributed by atoms with E-state index in [1.807, 2.05) is 17.8 Å². The maximum absolute atomic E-state index is 5.29. The van der Waals surface area contributed by atoms with E-state index in [4.69, 9.17) is 4.74 Å². The average Bonchev–Trinajstić information content (AvgIpc) is 2.75. The van der Waals surface area contributed by atoms with E-state index in [-0.39, 0.29) is 0 Å². The molecule has 1 N–H and O–H groups in total. The van der Waals surface area contributed by atoms with Crippen molar-refractivity contribution in [1.82, 2.24) is 20.3 Å². The Morgan fingerprint density at radius 1 is 1.56 bits per heavy atom. The van der Waals surface area contributed by atoms with Gasteiger partial charge in [-0.05, 0) is 26.3 Å². The molecule has 16 heavy (non-hydrogen) atoms. The summed E-state index contributed by atoms with van der Waals surface area (Å²) in [7, 11) is 0. The lowest BCUT2D eigenvalue weighted by atomic mass is 10.1. The minimum absolute atomic E-state index is 0.551. The Morgan fingerprint density at radius 3 is 3.25 bits per heavy atom. The Morgan fingerprint density at radius 2 is 2.50 bits per heavy atom. The molecule has 0 aliphatic carbocycles. The van der Waals surface area contributed by atoms with Crippen molar-refractivity contribution < 1.29 is 4.74 Å². The van der Waals surface area contributed by atoms with E-state index in [0.29, 0.717) is 12.6 Å². The summed E-state index contributed by atoms with van der Waals surface area (Å²) >= 11 is 0. The summed E-state index contributed by atoms with van der Waals surface area (Å²) in [5.74, 6) is 0. The first-order valence-corrected chi connectivity index (χ1v) is 6.08. The second kappa shape index (κ2) is 5.96. The molecule has 5 heteroatoms. The second-order valence-electron chi connectivity index (χ2n) is 4.22. The van der Waals surface area contributed by atoms with Gasteiger partial charge in [-0.25, -0.2) is 0 Å². The fraction of sp³-hybridized carbons (Fsp3) is 0.818. The predicted octanol–water partition coefficient (Wildman–Crippen LogP) is 0.957. The highest BCUT2D eigenvalue weighted by atomic mass is 16.5. The van der Waals surface area contributed by atoms with Crippen molar-refractivity contribution >= 4 is 0 Å². The van der Waals surface area contributed by atoms with Gasteiger partial charge in [0.05, 0.1) is 19.3 Å². The standard InChI is InChI=1S/C11H20N4O/c1-2-16-9-11-8-15(14-13-11)7-10-5-3-4-6-12-10/h8,10,12H,2-7,9H2,1H3/t10-/m0/s1. The first kappa shape index (κ1) is 11.5. The van der Waals surface area contributed by atoms with Crippen LogP contribution in [0, 0.1) is 0 Å². The lowest BCUT2D eigenvalue weighted by Crippen LogP contribution is -2.37. The van der Waals surface area contributed by atoms with E-state index < -0.39 is 0 Å². The van der Waals surface area contributed by atoms with Crippen molar-refractivity contribution in [2.45, 2.75) is 45.4 Å². The molecule has 1 atom stereocenters. The van der Waals surface area contributed by atoms with Gasteiger partial charge in [0.2, 0.25) is 0 Å². The van der Waals surface area contributed by atoms with Crippen molar-refractivity contribution in [2.24, 2.45) is 0 Å².